The first-order valence-electron chi connectivity index (χ1n) is 7.85. The molecule has 4 rings (SSSR count). The van der Waals surface area contributed by atoms with Crippen LogP contribution in [0.25, 0.3) is 28.5 Å². The number of nitrogens with zero attached hydrogens (tertiary/aromatic N) is 5. The van der Waals surface area contributed by atoms with E-state index in [9.17, 15) is 13.2 Å². The lowest BCUT2D eigenvalue weighted by Crippen LogP contribution is -2.06. The number of rotatable bonds is 3. The number of methoxy groups -OCH3 is 1. The predicted molar refractivity (Wildman–Crippen MR) is 91.4 cm³/mol. The van der Waals surface area contributed by atoms with Gasteiger partial charge in [0.25, 0.3) is 0 Å². The van der Waals surface area contributed by atoms with E-state index in [-0.39, 0.29) is 11.2 Å². The minimum absolute atomic E-state index is 0.100. The summed E-state index contributed by atoms with van der Waals surface area (Å²) in [5, 5.41) is 0. The third-order valence-electron chi connectivity index (χ3n) is 3.90. The first-order valence-corrected chi connectivity index (χ1v) is 7.85. The lowest BCUT2D eigenvalue weighted by Gasteiger charge is -2.09. The van der Waals surface area contributed by atoms with E-state index in [2.05, 4.69) is 19.9 Å². The molecule has 0 saturated carbocycles. The van der Waals surface area contributed by atoms with Crippen molar-refractivity contribution in [3.8, 4) is 23.1 Å². The van der Waals surface area contributed by atoms with Gasteiger partial charge in [0.1, 0.15) is 22.8 Å². The maximum absolute atomic E-state index is 13.0. The van der Waals surface area contributed by atoms with Crippen LogP contribution in [-0.2, 0) is 6.18 Å². The predicted octanol–water partition coefficient (Wildman–Crippen LogP) is 3.90. The zero-order valence-electron chi connectivity index (χ0n) is 14.0. The number of hydrogen-bond donors (Lipinski definition) is 0. The Morgan fingerprint density at radius 1 is 1.00 bits per heavy atom. The fraction of sp³-hybridized carbons (Fsp3) is 0.111. The molecule has 6 nitrogen and oxygen atoms in total. The highest BCUT2D eigenvalue weighted by molar-refractivity contribution is 5.79. The Morgan fingerprint density at radius 3 is 2.48 bits per heavy atom. The van der Waals surface area contributed by atoms with Crippen molar-refractivity contribution in [2.75, 3.05) is 7.11 Å². The molecule has 0 aliphatic heterocycles. The van der Waals surface area contributed by atoms with Crippen LogP contribution >= 0.6 is 0 Å². The normalized spacial score (nSPS) is 11.7. The van der Waals surface area contributed by atoms with E-state index in [1.165, 1.54) is 13.3 Å². The van der Waals surface area contributed by atoms with Crippen molar-refractivity contribution in [1.29, 1.82) is 0 Å². The summed E-state index contributed by atoms with van der Waals surface area (Å²) in [6, 6.07) is 9.55. The summed E-state index contributed by atoms with van der Waals surface area (Å²) in [4.78, 5) is 16.9. The number of fused-ring (bicyclic) bond motifs is 1. The summed E-state index contributed by atoms with van der Waals surface area (Å²) in [6.07, 6.45) is -0.636. The second-order valence-electron chi connectivity index (χ2n) is 5.61. The lowest BCUT2D eigenvalue weighted by molar-refractivity contribution is -0.137. The smallest absolute Gasteiger partial charge is 0.417 e. The van der Waals surface area contributed by atoms with Crippen LogP contribution < -0.4 is 4.74 Å². The summed E-state index contributed by atoms with van der Waals surface area (Å²) in [6.45, 7) is 0. The zero-order chi connectivity index (χ0) is 19.0. The van der Waals surface area contributed by atoms with Crippen molar-refractivity contribution < 1.29 is 17.9 Å². The molecule has 4 aromatic heterocycles. The van der Waals surface area contributed by atoms with E-state index in [1.807, 2.05) is 0 Å². The average molecular weight is 371 g/mol. The summed E-state index contributed by atoms with van der Waals surface area (Å²) in [5.41, 5.74) is -0.0268. The van der Waals surface area contributed by atoms with Gasteiger partial charge < -0.3 is 4.74 Å². The third kappa shape index (κ3) is 3.07. The number of pyridine rings is 3. The third-order valence-corrected chi connectivity index (χ3v) is 3.90. The molecule has 0 saturated heterocycles. The summed E-state index contributed by atoms with van der Waals surface area (Å²) in [5.74, 6) is 1.33. The molecule has 0 spiro atoms. The molecular formula is C18H12F3N5O. The van der Waals surface area contributed by atoms with Crippen LogP contribution in [0.15, 0.2) is 55.0 Å². The van der Waals surface area contributed by atoms with Crippen LogP contribution in [0, 0.1) is 0 Å². The monoisotopic (exact) mass is 371 g/mol. The Morgan fingerprint density at radius 2 is 1.85 bits per heavy atom. The van der Waals surface area contributed by atoms with Gasteiger partial charge >= 0.3 is 6.18 Å². The number of hydrogen-bond acceptors (Lipinski definition) is 5. The fourth-order valence-electron chi connectivity index (χ4n) is 2.63. The van der Waals surface area contributed by atoms with Crippen molar-refractivity contribution in [3.63, 3.8) is 0 Å². The molecule has 9 heteroatoms. The molecule has 4 heterocycles. The molecule has 0 fully saturated rings. The van der Waals surface area contributed by atoms with Crippen LogP contribution in [0.5, 0.6) is 5.75 Å². The Balaban J connectivity index is 1.98. The Labute approximate surface area is 151 Å². The minimum atomic E-state index is -4.51. The van der Waals surface area contributed by atoms with Gasteiger partial charge in [0.2, 0.25) is 0 Å². The minimum Gasteiger partial charge on any atom is -0.495 e. The van der Waals surface area contributed by atoms with Gasteiger partial charge in [0, 0.05) is 12.4 Å². The second-order valence-corrected chi connectivity index (χ2v) is 5.61. The van der Waals surface area contributed by atoms with Gasteiger partial charge in [0.05, 0.1) is 18.9 Å². The van der Waals surface area contributed by atoms with E-state index in [0.29, 0.717) is 23.1 Å². The number of aromatic nitrogens is 5. The Hall–Kier alpha value is -3.49. The van der Waals surface area contributed by atoms with Gasteiger partial charge in [-0.3, -0.25) is 9.55 Å². The molecule has 0 unspecified atom stereocenters. The molecule has 4 aromatic rings. The van der Waals surface area contributed by atoms with E-state index in [0.717, 1.165) is 12.3 Å². The van der Waals surface area contributed by atoms with Crippen LogP contribution in [0.4, 0.5) is 13.2 Å². The summed E-state index contributed by atoms with van der Waals surface area (Å²) in [7, 11) is 1.52. The fourth-order valence-corrected chi connectivity index (χ4v) is 2.63. The molecule has 0 atom stereocenters. The average Bonchev–Trinajstić information content (AvgIpc) is 3.07. The Bertz CT molecular complexity index is 1090. The van der Waals surface area contributed by atoms with Gasteiger partial charge in [-0.05, 0) is 30.3 Å². The van der Waals surface area contributed by atoms with E-state index < -0.39 is 11.7 Å². The maximum Gasteiger partial charge on any atom is 0.417 e. The molecule has 0 radical (unpaired) electrons. The Kier molecular flexibility index (Phi) is 3.98. The molecule has 0 aromatic carbocycles. The first kappa shape index (κ1) is 17.0. The highest BCUT2D eigenvalue weighted by Crippen LogP contribution is 2.32. The highest BCUT2D eigenvalue weighted by atomic mass is 19.4. The van der Waals surface area contributed by atoms with Gasteiger partial charge in [-0.1, -0.05) is 6.07 Å². The highest BCUT2D eigenvalue weighted by Gasteiger charge is 2.32. The maximum atomic E-state index is 13.0. The topological polar surface area (TPSA) is 65.7 Å². The van der Waals surface area contributed by atoms with Gasteiger partial charge in [0.15, 0.2) is 11.5 Å². The van der Waals surface area contributed by atoms with E-state index in [1.54, 1.807) is 41.1 Å². The van der Waals surface area contributed by atoms with E-state index >= 15 is 0 Å². The molecule has 0 N–H and O–H groups in total. The summed E-state index contributed by atoms with van der Waals surface area (Å²) < 4.78 is 45.8. The number of alkyl halides is 3. The molecule has 0 bridgehead atoms. The molecular weight excluding hydrogens is 359 g/mol. The lowest BCUT2D eigenvalue weighted by atomic mass is 10.2. The number of halogens is 3. The van der Waals surface area contributed by atoms with Crippen LogP contribution in [-0.4, -0.2) is 31.6 Å². The largest absolute Gasteiger partial charge is 0.495 e. The SMILES string of the molecule is COc1ccc(-n2c(-c3ccccn3)nc3cc(C(F)(F)F)cnc32)nc1. The first-order chi connectivity index (χ1) is 13.0. The van der Waals surface area contributed by atoms with Gasteiger partial charge in [-0.2, -0.15) is 13.2 Å². The van der Waals surface area contributed by atoms with Crippen molar-refractivity contribution in [2.24, 2.45) is 0 Å². The molecule has 0 aliphatic carbocycles. The number of imidazole rings is 1. The van der Waals surface area contributed by atoms with Crippen LogP contribution in [0.1, 0.15) is 5.56 Å². The second kappa shape index (κ2) is 6.35. The zero-order valence-corrected chi connectivity index (χ0v) is 14.0. The molecule has 27 heavy (non-hydrogen) atoms. The molecule has 136 valence electrons. The van der Waals surface area contributed by atoms with Crippen molar-refractivity contribution in [1.82, 2.24) is 24.5 Å². The van der Waals surface area contributed by atoms with Crippen LogP contribution in [0.2, 0.25) is 0 Å². The van der Waals surface area contributed by atoms with Crippen molar-refractivity contribution in [3.05, 3.63) is 60.6 Å². The quantitative estimate of drug-likeness (QED) is 0.546. The molecule has 0 amide bonds. The van der Waals surface area contributed by atoms with Crippen molar-refractivity contribution in [2.45, 2.75) is 6.18 Å². The van der Waals surface area contributed by atoms with E-state index in [4.69, 9.17) is 4.74 Å². The van der Waals surface area contributed by atoms with Gasteiger partial charge in [-0.15, -0.1) is 0 Å². The number of ether oxygens (including phenoxy) is 1. The standard InChI is InChI=1S/C18H12F3N5O/c1-27-12-5-6-15(23-10-12)26-16-14(8-11(9-24-16)18(19,20)21)25-17(26)13-4-2-3-7-22-13/h2-10H,1H3. The van der Waals surface area contributed by atoms with Gasteiger partial charge in [-0.25, -0.2) is 15.0 Å². The van der Waals surface area contributed by atoms with Crippen LogP contribution in [0.3, 0.4) is 0 Å². The summed E-state index contributed by atoms with van der Waals surface area (Å²) >= 11 is 0. The van der Waals surface area contributed by atoms with Crippen molar-refractivity contribution >= 4 is 11.2 Å². The molecule has 0 aliphatic rings.